The van der Waals surface area contributed by atoms with Crippen LogP contribution in [0.15, 0.2) is 60.9 Å². The Morgan fingerprint density at radius 2 is 1.85 bits per heavy atom. The van der Waals surface area contributed by atoms with Crippen LogP contribution in [0.5, 0.6) is 0 Å². The minimum atomic E-state index is -0.324. The summed E-state index contributed by atoms with van der Waals surface area (Å²) in [7, 11) is 0. The highest BCUT2D eigenvalue weighted by Crippen LogP contribution is 2.20. The van der Waals surface area contributed by atoms with Gasteiger partial charge in [0.05, 0.1) is 24.5 Å². The quantitative estimate of drug-likeness (QED) is 0.582. The Hall–Kier alpha value is -3.81. The van der Waals surface area contributed by atoms with E-state index in [0.29, 0.717) is 17.0 Å². The van der Waals surface area contributed by atoms with Gasteiger partial charge in [0.25, 0.3) is 0 Å². The van der Waals surface area contributed by atoms with Gasteiger partial charge in [-0.25, -0.2) is 8.91 Å². The van der Waals surface area contributed by atoms with Gasteiger partial charge in [-0.15, -0.1) is 5.10 Å². The van der Waals surface area contributed by atoms with E-state index in [0.717, 1.165) is 11.1 Å². The number of nitrogens with one attached hydrogen (secondary N) is 1. The molecule has 2 aromatic carbocycles. The summed E-state index contributed by atoms with van der Waals surface area (Å²) in [5.41, 5.74) is 9.13. The molecule has 0 spiro atoms. The van der Waals surface area contributed by atoms with Crippen molar-refractivity contribution in [3.8, 4) is 11.3 Å². The number of hydrogen-bond donors (Lipinski definition) is 2. The number of nitrogens with zero attached hydrogens (tertiary/aromatic N) is 4. The molecule has 1 amide bonds. The van der Waals surface area contributed by atoms with Gasteiger partial charge in [0.2, 0.25) is 11.9 Å². The number of carbonyl (C=O) groups excluding carboxylic acids is 1. The Labute approximate surface area is 153 Å². The van der Waals surface area contributed by atoms with Gasteiger partial charge >= 0.3 is 0 Å². The van der Waals surface area contributed by atoms with Gasteiger partial charge in [0, 0.05) is 11.3 Å². The van der Waals surface area contributed by atoms with E-state index in [2.05, 4.69) is 20.4 Å². The van der Waals surface area contributed by atoms with Gasteiger partial charge in [-0.1, -0.05) is 24.3 Å². The zero-order valence-electron chi connectivity index (χ0n) is 14.1. The summed E-state index contributed by atoms with van der Waals surface area (Å²) in [6.07, 6.45) is 3.51. The average Bonchev–Trinajstić information content (AvgIpc) is 3.03. The van der Waals surface area contributed by atoms with Crippen LogP contribution in [-0.4, -0.2) is 25.5 Å². The first-order valence-corrected chi connectivity index (χ1v) is 8.19. The summed E-state index contributed by atoms with van der Waals surface area (Å²) in [5, 5.41) is 6.88. The lowest BCUT2D eigenvalue weighted by atomic mass is 10.1. The second-order valence-corrected chi connectivity index (χ2v) is 5.97. The normalized spacial score (nSPS) is 10.9. The highest BCUT2D eigenvalue weighted by molar-refractivity contribution is 5.92. The van der Waals surface area contributed by atoms with E-state index in [1.807, 2.05) is 12.1 Å². The van der Waals surface area contributed by atoms with Crippen LogP contribution in [0.3, 0.4) is 0 Å². The first kappa shape index (κ1) is 16.6. The molecule has 4 aromatic rings. The summed E-state index contributed by atoms with van der Waals surface area (Å²) in [5.74, 6) is -0.310. The summed E-state index contributed by atoms with van der Waals surface area (Å²) in [4.78, 5) is 20.5. The lowest BCUT2D eigenvalue weighted by molar-refractivity contribution is -0.115. The minimum absolute atomic E-state index is 0.174. The third kappa shape index (κ3) is 3.74. The first-order chi connectivity index (χ1) is 13.1. The number of nitrogens with two attached hydrogens (primary N) is 1. The number of amides is 1. The van der Waals surface area contributed by atoms with Crippen molar-refractivity contribution in [1.82, 2.24) is 19.6 Å². The fourth-order valence-electron chi connectivity index (χ4n) is 2.68. The maximum atomic E-state index is 12.9. The smallest absolute Gasteiger partial charge is 0.240 e. The number of benzene rings is 2. The topological polar surface area (TPSA) is 98.2 Å². The van der Waals surface area contributed by atoms with Crippen molar-refractivity contribution < 1.29 is 9.18 Å². The molecular formula is C19H15FN6O. The fraction of sp³-hybridized carbons (Fsp3) is 0.0526. The van der Waals surface area contributed by atoms with Crippen LogP contribution in [0.2, 0.25) is 0 Å². The summed E-state index contributed by atoms with van der Waals surface area (Å²) >= 11 is 0. The van der Waals surface area contributed by atoms with Crippen LogP contribution in [-0.2, 0) is 11.2 Å². The largest absolute Gasteiger partial charge is 0.366 e. The molecule has 4 rings (SSSR count). The average molecular weight is 362 g/mol. The van der Waals surface area contributed by atoms with Crippen LogP contribution in [0.25, 0.3) is 16.9 Å². The van der Waals surface area contributed by atoms with E-state index >= 15 is 0 Å². The van der Waals surface area contributed by atoms with E-state index in [1.165, 1.54) is 12.1 Å². The molecule has 7 nitrogen and oxygen atoms in total. The van der Waals surface area contributed by atoms with E-state index in [-0.39, 0.29) is 24.1 Å². The molecule has 0 unspecified atom stereocenters. The van der Waals surface area contributed by atoms with Crippen molar-refractivity contribution in [3.63, 3.8) is 0 Å². The second kappa shape index (κ2) is 6.83. The molecule has 134 valence electrons. The number of carbonyl (C=O) groups is 1. The molecule has 2 heterocycles. The SMILES string of the molecule is Nc1nc2cnc(-c3ccc(NC(=O)Cc4ccc(F)cc4)cc3)cn2n1. The van der Waals surface area contributed by atoms with Gasteiger partial charge in [0.15, 0.2) is 5.65 Å². The molecule has 0 aliphatic rings. The minimum Gasteiger partial charge on any atom is -0.366 e. The molecule has 0 bridgehead atoms. The van der Waals surface area contributed by atoms with Gasteiger partial charge in [-0.05, 0) is 29.8 Å². The zero-order valence-corrected chi connectivity index (χ0v) is 14.1. The molecule has 0 fully saturated rings. The molecule has 2 aromatic heterocycles. The maximum Gasteiger partial charge on any atom is 0.240 e. The predicted octanol–water partition coefficient (Wildman–Crippen LogP) is 2.69. The number of hydrogen-bond acceptors (Lipinski definition) is 5. The number of halogens is 1. The highest BCUT2D eigenvalue weighted by Gasteiger charge is 2.07. The highest BCUT2D eigenvalue weighted by atomic mass is 19.1. The van der Waals surface area contributed by atoms with Crippen LogP contribution in [0, 0.1) is 5.82 Å². The third-order valence-electron chi connectivity index (χ3n) is 3.98. The lowest BCUT2D eigenvalue weighted by Crippen LogP contribution is -2.14. The van der Waals surface area contributed by atoms with Crippen molar-refractivity contribution in [2.45, 2.75) is 6.42 Å². The van der Waals surface area contributed by atoms with E-state index in [9.17, 15) is 9.18 Å². The fourth-order valence-corrected chi connectivity index (χ4v) is 2.68. The Morgan fingerprint density at radius 1 is 1.11 bits per heavy atom. The molecule has 0 aliphatic heterocycles. The summed E-state index contributed by atoms with van der Waals surface area (Å²) < 4.78 is 14.5. The van der Waals surface area contributed by atoms with E-state index in [1.54, 1.807) is 41.2 Å². The molecule has 8 heteroatoms. The number of rotatable bonds is 4. The monoisotopic (exact) mass is 362 g/mol. The number of nitrogen functional groups attached to an aromatic ring is 1. The Balaban J connectivity index is 1.46. The van der Waals surface area contributed by atoms with Gasteiger partial charge in [-0.2, -0.15) is 4.98 Å². The van der Waals surface area contributed by atoms with Gasteiger partial charge in [0.1, 0.15) is 5.82 Å². The lowest BCUT2D eigenvalue weighted by Gasteiger charge is -2.07. The van der Waals surface area contributed by atoms with Crippen molar-refractivity contribution in [2.75, 3.05) is 11.1 Å². The Kier molecular flexibility index (Phi) is 4.21. The molecule has 0 saturated heterocycles. The van der Waals surface area contributed by atoms with Crippen molar-refractivity contribution in [2.24, 2.45) is 0 Å². The standard InChI is InChI=1S/C19H15FN6O/c20-14-5-1-12(2-6-14)9-18(27)23-15-7-3-13(4-8-15)16-11-26-17(10-22-16)24-19(21)25-26/h1-8,10-11H,9H2,(H2,21,25)(H,23,27). The van der Waals surface area contributed by atoms with Crippen LogP contribution in [0.1, 0.15) is 5.56 Å². The van der Waals surface area contributed by atoms with Gasteiger partial charge < -0.3 is 11.1 Å². The first-order valence-electron chi connectivity index (χ1n) is 8.19. The van der Waals surface area contributed by atoms with Crippen LogP contribution >= 0.6 is 0 Å². The molecule has 0 aliphatic carbocycles. The third-order valence-corrected chi connectivity index (χ3v) is 3.98. The van der Waals surface area contributed by atoms with E-state index < -0.39 is 0 Å². The molecular weight excluding hydrogens is 347 g/mol. The van der Waals surface area contributed by atoms with E-state index in [4.69, 9.17) is 5.73 Å². The van der Waals surface area contributed by atoms with Crippen LogP contribution in [0.4, 0.5) is 16.0 Å². The van der Waals surface area contributed by atoms with Crippen LogP contribution < -0.4 is 11.1 Å². The number of aromatic nitrogens is 4. The number of fused-ring (bicyclic) bond motifs is 1. The van der Waals surface area contributed by atoms with Gasteiger partial charge in [-0.3, -0.25) is 9.78 Å². The molecule has 3 N–H and O–H groups in total. The maximum absolute atomic E-state index is 12.9. The zero-order chi connectivity index (χ0) is 18.8. The molecule has 0 saturated carbocycles. The Morgan fingerprint density at radius 3 is 2.59 bits per heavy atom. The summed E-state index contributed by atoms with van der Waals surface area (Å²) in [6.45, 7) is 0. The predicted molar refractivity (Wildman–Crippen MR) is 99.4 cm³/mol. The Bertz CT molecular complexity index is 1110. The summed E-state index contributed by atoms with van der Waals surface area (Å²) in [6, 6.07) is 13.1. The van der Waals surface area contributed by atoms with Crippen molar-refractivity contribution in [3.05, 3.63) is 72.3 Å². The molecule has 0 atom stereocenters. The van der Waals surface area contributed by atoms with Crippen molar-refractivity contribution >= 4 is 23.2 Å². The second-order valence-electron chi connectivity index (χ2n) is 5.97. The molecule has 0 radical (unpaired) electrons. The number of anilines is 2. The molecule has 27 heavy (non-hydrogen) atoms. The van der Waals surface area contributed by atoms with Crippen molar-refractivity contribution in [1.29, 1.82) is 0 Å².